The van der Waals surface area contributed by atoms with Crippen molar-refractivity contribution in [1.82, 2.24) is 5.32 Å². The second kappa shape index (κ2) is 10.4. The van der Waals surface area contributed by atoms with Crippen molar-refractivity contribution >= 4 is 0 Å². The van der Waals surface area contributed by atoms with Gasteiger partial charge in [0.2, 0.25) is 0 Å². The van der Waals surface area contributed by atoms with Gasteiger partial charge in [-0.15, -0.1) is 0 Å². The van der Waals surface area contributed by atoms with Crippen LogP contribution >= 0.6 is 0 Å². The average Bonchev–Trinajstić information content (AvgIpc) is 2.85. The lowest BCUT2D eigenvalue weighted by Crippen LogP contribution is -2.14. The van der Waals surface area contributed by atoms with Crippen molar-refractivity contribution in [3.8, 4) is 0 Å². The zero-order chi connectivity index (χ0) is 12.2. The predicted molar refractivity (Wildman–Crippen MR) is 73.0 cm³/mol. The van der Waals surface area contributed by atoms with Gasteiger partial charge < -0.3 is 9.73 Å². The van der Waals surface area contributed by atoms with Gasteiger partial charge in [-0.2, -0.15) is 0 Å². The summed E-state index contributed by atoms with van der Waals surface area (Å²) in [6.07, 6.45) is 12.8. The Labute approximate surface area is 106 Å². The highest BCUT2D eigenvalue weighted by Crippen LogP contribution is 2.08. The van der Waals surface area contributed by atoms with Crippen LogP contribution in [-0.4, -0.2) is 6.54 Å². The number of furan rings is 1. The van der Waals surface area contributed by atoms with Gasteiger partial charge in [-0.05, 0) is 25.1 Å². The van der Waals surface area contributed by atoms with Crippen molar-refractivity contribution in [3.63, 3.8) is 0 Å². The Morgan fingerprint density at radius 1 is 1.00 bits per heavy atom. The molecule has 0 fully saturated rings. The van der Waals surface area contributed by atoms with Crippen LogP contribution in [0.1, 0.15) is 64.1 Å². The first-order valence-corrected chi connectivity index (χ1v) is 7.16. The van der Waals surface area contributed by atoms with E-state index < -0.39 is 0 Å². The first-order chi connectivity index (χ1) is 8.43. The molecule has 2 heteroatoms. The Morgan fingerprint density at radius 3 is 2.35 bits per heavy atom. The maximum absolute atomic E-state index is 5.25. The van der Waals surface area contributed by atoms with Gasteiger partial charge in [-0.1, -0.05) is 51.9 Å². The van der Waals surface area contributed by atoms with Crippen LogP contribution in [0, 0.1) is 0 Å². The first-order valence-electron chi connectivity index (χ1n) is 7.16. The van der Waals surface area contributed by atoms with Crippen LogP contribution in [0.4, 0.5) is 0 Å². The predicted octanol–water partition coefficient (Wildman–Crippen LogP) is 4.51. The summed E-state index contributed by atoms with van der Waals surface area (Å²) in [5.41, 5.74) is 0. The zero-order valence-corrected chi connectivity index (χ0v) is 11.2. The van der Waals surface area contributed by atoms with E-state index in [0.717, 1.165) is 18.8 Å². The van der Waals surface area contributed by atoms with E-state index in [2.05, 4.69) is 12.2 Å². The van der Waals surface area contributed by atoms with E-state index in [4.69, 9.17) is 4.42 Å². The monoisotopic (exact) mass is 237 g/mol. The number of unbranched alkanes of at least 4 members (excludes halogenated alkanes) is 7. The van der Waals surface area contributed by atoms with Crippen LogP contribution in [0.15, 0.2) is 22.8 Å². The maximum atomic E-state index is 5.25. The third kappa shape index (κ3) is 8.03. The molecule has 1 aromatic rings. The molecule has 0 aliphatic carbocycles. The van der Waals surface area contributed by atoms with Crippen molar-refractivity contribution in [1.29, 1.82) is 0 Å². The zero-order valence-electron chi connectivity index (χ0n) is 11.2. The fourth-order valence-electron chi connectivity index (χ4n) is 2.01. The van der Waals surface area contributed by atoms with Crippen molar-refractivity contribution in [2.24, 2.45) is 0 Å². The molecule has 0 saturated carbocycles. The Kier molecular flexibility index (Phi) is 8.75. The van der Waals surface area contributed by atoms with Gasteiger partial charge in [0.1, 0.15) is 5.76 Å². The highest BCUT2D eigenvalue weighted by Gasteiger charge is 1.94. The highest BCUT2D eigenvalue weighted by molar-refractivity contribution is 4.97. The maximum Gasteiger partial charge on any atom is 0.117 e. The third-order valence-electron chi connectivity index (χ3n) is 3.09. The van der Waals surface area contributed by atoms with Crippen LogP contribution in [0.25, 0.3) is 0 Å². The van der Waals surface area contributed by atoms with E-state index in [1.54, 1.807) is 6.26 Å². The molecular weight excluding hydrogens is 210 g/mol. The molecule has 0 atom stereocenters. The number of hydrogen-bond donors (Lipinski definition) is 1. The summed E-state index contributed by atoms with van der Waals surface area (Å²) >= 11 is 0. The summed E-state index contributed by atoms with van der Waals surface area (Å²) in [5, 5.41) is 3.41. The molecular formula is C15H27NO. The highest BCUT2D eigenvalue weighted by atomic mass is 16.3. The molecule has 0 bridgehead atoms. The smallest absolute Gasteiger partial charge is 0.117 e. The summed E-state index contributed by atoms with van der Waals surface area (Å²) in [5.74, 6) is 1.03. The molecule has 1 rings (SSSR count). The minimum absolute atomic E-state index is 0.865. The van der Waals surface area contributed by atoms with E-state index in [-0.39, 0.29) is 0 Å². The fraction of sp³-hybridized carbons (Fsp3) is 0.733. The second-order valence-electron chi connectivity index (χ2n) is 4.73. The lowest BCUT2D eigenvalue weighted by atomic mass is 10.1. The molecule has 98 valence electrons. The van der Waals surface area contributed by atoms with Crippen LogP contribution in [0.5, 0.6) is 0 Å². The van der Waals surface area contributed by atoms with Gasteiger partial charge in [0, 0.05) is 0 Å². The Balaban J connectivity index is 1.76. The minimum Gasteiger partial charge on any atom is -0.468 e. The van der Waals surface area contributed by atoms with Crippen LogP contribution in [-0.2, 0) is 6.54 Å². The first kappa shape index (κ1) is 14.3. The molecule has 0 amide bonds. The van der Waals surface area contributed by atoms with Gasteiger partial charge in [-0.3, -0.25) is 0 Å². The van der Waals surface area contributed by atoms with Gasteiger partial charge >= 0.3 is 0 Å². The average molecular weight is 237 g/mol. The number of rotatable bonds is 11. The summed E-state index contributed by atoms with van der Waals surface area (Å²) in [6, 6.07) is 3.95. The van der Waals surface area contributed by atoms with Crippen LogP contribution < -0.4 is 5.32 Å². The molecule has 0 spiro atoms. The van der Waals surface area contributed by atoms with E-state index >= 15 is 0 Å². The molecule has 0 radical (unpaired) electrons. The van der Waals surface area contributed by atoms with Gasteiger partial charge in [0.15, 0.2) is 0 Å². The molecule has 1 N–H and O–H groups in total. The Morgan fingerprint density at radius 2 is 1.71 bits per heavy atom. The Hall–Kier alpha value is -0.760. The summed E-state index contributed by atoms with van der Waals surface area (Å²) in [7, 11) is 0. The number of nitrogens with one attached hydrogen (secondary N) is 1. The summed E-state index contributed by atoms with van der Waals surface area (Å²) in [4.78, 5) is 0. The molecule has 0 aliphatic heterocycles. The van der Waals surface area contributed by atoms with E-state index in [0.29, 0.717) is 0 Å². The van der Waals surface area contributed by atoms with Crippen molar-refractivity contribution in [2.75, 3.05) is 6.54 Å². The lowest BCUT2D eigenvalue weighted by Gasteiger charge is -2.03. The lowest BCUT2D eigenvalue weighted by molar-refractivity contribution is 0.476. The summed E-state index contributed by atoms with van der Waals surface area (Å²) < 4.78 is 5.25. The second-order valence-corrected chi connectivity index (χ2v) is 4.73. The normalized spacial score (nSPS) is 10.9. The van der Waals surface area contributed by atoms with E-state index in [9.17, 15) is 0 Å². The standard InChI is InChI=1S/C15H27NO/c1-2-3-4-5-6-7-8-9-12-16-14-15-11-10-13-17-15/h10-11,13,16H,2-9,12,14H2,1H3. The van der Waals surface area contributed by atoms with Crippen molar-refractivity contribution in [2.45, 2.75) is 64.8 Å². The molecule has 17 heavy (non-hydrogen) atoms. The SMILES string of the molecule is CCCCCCCCCCNCc1ccco1. The molecule has 0 aromatic carbocycles. The van der Waals surface area contributed by atoms with Gasteiger partial charge in [0.05, 0.1) is 12.8 Å². The minimum atomic E-state index is 0.865. The molecule has 2 nitrogen and oxygen atoms in total. The van der Waals surface area contributed by atoms with Crippen LogP contribution in [0.3, 0.4) is 0 Å². The topological polar surface area (TPSA) is 25.2 Å². The quantitative estimate of drug-likeness (QED) is 0.573. The fourth-order valence-corrected chi connectivity index (χ4v) is 2.01. The molecule has 0 saturated heterocycles. The summed E-state index contributed by atoms with van der Waals surface area (Å²) in [6.45, 7) is 4.24. The van der Waals surface area contributed by atoms with E-state index in [1.165, 1.54) is 51.4 Å². The van der Waals surface area contributed by atoms with Gasteiger partial charge in [-0.25, -0.2) is 0 Å². The van der Waals surface area contributed by atoms with Crippen LogP contribution in [0.2, 0.25) is 0 Å². The molecule has 1 aromatic heterocycles. The third-order valence-corrected chi connectivity index (χ3v) is 3.09. The number of hydrogen-bond acceptors (Lipinski definition) is 2. The van der Waals surface area contributed by atoms with Crippen molar-refractivity contribution < 1.29 is 4.42 Å². The Bertz CT molecular complexity index is 243. The molecule has 0 unspecified atom stereocenters. The van der Waals surface area contributed by atoms with E-state index in [1.807, 2.05) is 12.1 Å². The van der Waals surface area contributed by atoms with Gasteiger partial charge in [0.25, 0.3) is 0 Å². The largest absolute Gasteiger partial charge is 0.468 e. The molecule has 1 heterocycles. The van der Waals surface area contributed by atoms with Crippen molar-refractivity contribution in [3.05, 3.63) is 24.2 Å². The molecule has 0 aliphatic rings.